The lowest BCUT2D eigenvalue weighted by Crippen LogP contribution is -2.46. The summed E-state index contributed by atoms with van der Waals surface area (Å²) < 4.78 is 0. The number of nitrogen functional groups attached to an aromatic ring is 1. The third-order valence-corrected chi connectivity index (χ3v) is 4.82. The maximum Gasteiger partial charge on any atom is 0.233 e. The van der Waals surface area contributed by atoms with Crippen LogP contribution in [-0.2, 0) is 4.79 Å². The van der Waals surface area contributed by atoms with Crippen molar-refractivity contribution < 1.29 is 4.79 Å². The molecule has 0 aliphatic heterocycles. The van der Waals surface area contributed by atoms with E-state index < -0.39 is 0 Å². The number of aromatic nitrogens is 2. The Morgan fingerprint density at radius 3 is 2.62 bits per heavy atom. The standard InChI is InChI=1S/C15H24N4OS/c1-11(2)19(12-6-4-3-5-7-12)13(20)10-21-15-14(16)17-8-9-18-15/h8-9,11-12H,3-7,10H2,1-2H3,(H2,16,17). The topological polar surface area (TPSA) is 72.1 Å². The van der Waals surface area contributed by atoms with E-state index in [2.05, 4.69) is 28.7 Å². The Kier molecular flexibility index (Phi) is 5.85. The Morgan fingerprint density at radius 2 is 2.00 bits per heavy atom. The van der Waals surface area contributed by atoms with Crippen LogP contribution in [0.2, 0.25) is 0 Å². The number of thioether (sulfide) groups is 1. The summed E-state index contributed by atoms with van der Waals surface area (Å²) in [6.07, 6.45) is 9.16. The number of rotatable bonds is 5. The summed E-state index contributed by atoms with van der Waals surface area (Å²) in [6, 6.07) is 0.631. The van der Waals surface area contributed by atoms with Crippen molar-refractivity contribution in [3.8, 4) is 0 Å². The molecule has 1 aromatic rings. The van der Waals surface area contributed by atoms with E-state index in [0.717, 1.165) is 12.8 Å². The molecule has 0 unspecified atom stereocenters. The molecule has 1 aromatic heterocycles. The van der Waals surface area contributed by atoms with E-state index in [9.17, 15) is 4.79 Å². The van der Waals surface area contributed by atoms with Gasteiger partial charge in [0.15, 0.2) is 5.82 Å². The molecule has 0 aromatic carbocycles. The number of amides is 1. The second-order valence-corrected chi connectivity index (χ2v) is 6.69. The highest BCUT2D eigenvalue weighted by molar-refractivity contribution is 8.00. The van der Waals surface area contributed by atoms with Gasteiger partial charge < -0.3 is 10.6 Å². The van der Waals surface area contributed by atoms with Crippen molar-refractivity contribution >= 4 is 23.5 Å². The van der Waals surface area contributed by atoms with Crippen LogP contribution < -0.4 is 5.73 Å². The molecule has 21 heavy (non-hydrogen) atoms. The summed E-state index contributed by atoms with van der Waals surface area (Å²) in [4.78, 5) is 22.8. The van der Waals surface area contributed by atoms with Gasteiger partial charge in [-0.05, 0) is 26.7 Å². The van der Waals surface area contributed by atoms with E-state index in [4.69, 9.17) is 5.73 Å². The minimum absolute atomic E-state index is 0.173. The molecule has 2 rings (SSSR count). The molecule has 0 spiro atoms. The zero-order valence-corrected chi connectivity index (χ0v) is 13.6. The summed E-state index contributed by atoms with van der Waals surface area (Å²) in [7, 11) is 0. The average molecular weight is 308 g/mol. The van der Waals surface area contributed by atoms with E-state index in [-0.39, 0.29) is 11.9 Å². The van der Waals surface area contributed by atoms with Gasteiger partial charge in [0.1, 0.15) is 5.03 Å². The zero-order valence-electron chi connectivity index (χ0n) is 12.8. The Labute approximate surface area is 130 Å². The fourth-order valence-corrected chi connectivity index (χ4v) is 3.67. The van der Waals surface area contributed by atoms with Crippen LogP contribution in [0.5, 0.6) is 0 Å². The largest absolute Gasteiger partial charge is 0.381 e. The highest BCUT2D eigenvalue weighted by atomic mass is 32.2. The number of carbonyl (C=O) groups excluding carboxylic acids is 1. The number of hydrogen-bond acceptors (Lipinski definition) is 5. The molecule has 1 aliphatic carbocycles. The van der Waals surface area contributed by atoms with Gasteiger partial charge in [-0.2, -0.15) is 0 Å². The number of hydrogen-bond donors (Lipinski definition) is 1. The summed E-state index contributed by atoms with van der Waals surface area (Å²) in [5, 5.41) is 0.637. The van der Waals surface area contributed by atoms with Gasteiger partial charge in [0.05, 0.1) is 5.75 Å². The van der Waals surface area contributed by atoms with Gasteiger partial charge in [0.25, 0.3) is 0 Å². The van der Waals surface area contributed by atoms with Crippen molar-refractivity contribution in [2.45, 2.75) is 63.1 Å². The van der Waals surface area contributed by atoms with E-state index in [1.165, 1.54) is 31.0 Å². The van der Waals surface area contributed by atoms with Gasteiger partial charge in [0, 0.05) is 24.5 Å². The number of nitrogens with two attached hydrogens (primary N) is 1. The Balaban J connectivity index is 1.97. The van der Waals surface area contributed by atoms with Gasteiger partial charge in [-0.3, -0.25) is 4.79 Å². The van der Waals surface area contributed by atoms with E-state index in [0.29, 0.717) is 22.6 Å². The Bertz CT molecular complexity index is 474. The molecule has 6 heteroatoms. The first-order valence-electron chi connectivity index (χ1n) is 7.60. The van der Waals surface area contributed by atoms with Crippen LogP contribution in [0.3, 0.4) is 0 Å². The molecule has 1 aliphatic rings. The van der Waals surface area contributed by atoms with Crippen LogP contribution in [0.25, 0.3) is 0 Å². The summed E-state index contributed by atoms with van der Waals surface area (Å²) in [6.45, 7) is 4.18. The molecule has 5 nitrogen and oxygen atoms in total. The fourth-order valence-electron chi connectivity index (χ4n) is 2.92. The van der Waals surface area contributed by atoms with Gasteiger partial charge >= 0.3 is 0 Å². The maximum absolute atomic E-state index is 12.6. The van der Waals surface area contributed by atoms with Crippen LogP contribution in [0.1, 0.15) is 46.0 Å². The minimum Gasteiger partial charge on any atom is -0.381 e. The highest BCUT2D eigenvalue weighted by Crippen LogP contribution is 2.26. The number of nitrogens with zero attached hydrogens (tertiary/aromatic N) is 3. The summed E-state index contributed by atoms with van der Waals surface area (Å²) in [5.74, 6) is 0.938. The first kappa shape index (κ1) is 16.1. The lowest BCUT2D eigenvalue weighted by Gasteiger charge is -2.37. The first-order valence-corrected chi connectivity index (χ1v) is 8.58. The van der Waals surface area contributed by atoms with E-state index in [1.807, 2.05) is 0 Å². The van der Waals surface area contributed by atoms with Gasteiger partial charge in [-0.1, -0.05) is 31.0 Å². The molecule has 0 bridgehead atoms. The van der Waals surface area contributed by atoms with Gasteiger partial charge in [0.2, 0.25) is 5.91 Å². The Hall–Kier alpha value is -1.30. The van der Waals surface area contributed by atoms with E-state index >= 15 is 0 Å². The molecule has 1 amide bonds. The predicted octanol–water partition coefficient (Wildman–Crippen LogP) is 2.72. The smallest absolute Gasteiger partial charge is 0.233 e. The average Bonchev–Trinajstić information content (AvgIpc) is 2.47. The van der Waals surface area contributed by atoms with Crippen LogP contribution in [0, 0.1) is 0 Å². The molecule has 0 atom stereocenters. The number of anilines is 1. The lowest BCUT2D eigenvalue weighted by molar-refractivity contribution is -0.133. The second-order valence-electron chi connectivity index (χ2n) is 5.72. The molecular formula is C15H24N4OS. The molecule has 1 heterocycles. The van der Waals surface area contributed by atoms with Crippen LogP contribution in [0.4, 0.5) is 5.82 Å². The molecular weight excluding hydrogens is 284 g/mol. The Morgan fingerprint density at radius 1 is 1.33 bits per heavy atom. The van der Waals surface area contributed by atoms with E-state index in [1.54, 1.807) is 12.4 Å². The van der Waals surface area contributed by atoms with Crippen molar-refractivity contribution in [3.05, 3.63) is 12.4 Å². The third kappa shape index (κ3) is 4.33. The number of carbonyl (C=O) groups is 1. The molecule has 2 N–H and O–H groups in total. The molecule has 1 fully saturated rings. The van der Waals surface area contributed by atoms with Crippen LogP contribution >= 0.6 is 11.8 Å². The summed E-state index contributed by atoms with van der Waals surface area (Å²) in [5.41, 5.74) is 5.77. The quantitative estimate of drug-likeness (QED) is 0.847. The van der Waals surface area contributed by atoms with Gasteiger partial charge in [-0.15, -0.1) is 0 Å². The minimum atomic E-state index is 0.173. The van der Waals surface area contributed by atoms with Crippen molar-refractivity contribution in [2.75, 3.05) is 11.5 Å². The van der Waals surface area contributed by atoms with Crippen molar-refractivity contribution in [1.29, 1.82) is 0 Å². The first-order chi connectivity index (χ1) is 10.1. The third-order valence-electron chi connectivity index (χ3n) is 3.84. The van der Waals surface area contributed by atoms with Crippen LogP contribution in [-0.4, -0.2) is 38.6 Å². The maximum atomic E-state index is 12.6. The van der Waals surface area contributed by atoms with Crippen LogP contribution in [0.15, 0.2) is 17.4 Å². The van der Waals surface area contributed by atoms with Crippen molar-refractivity contribution in [1.82, 2.24) is 14.9 Å². The zero-order chi connectivity index (χ0) is 15.2. The molecule has 0 radical (unpaired) electrons. The van der Waals surface area contributed by atoms with Crippen molar-refractivity contribution in [3.63, 3.8) is 0 Å². The SMILES string of the molecule is CC(C)N(C(=O)CSc1nccnc1N)C1CCCCC1. The van der Waals surface area contributed by atoms with Crippen molar-refractivity contribution in [2.24, 2.45) is 0 Å². The molecule has 0 saturated heterocycles. The summed E-state index contributed by atoms with van der Waals surface area (Å²) >= 11 is 1.38. The fraction of sp³-hybridized carbons (Fsp3) is 0.667. The van der Waals surface area contributed by atoms with Gasteiger partial charge in [-0.25, -0.2) is 9.97 Å². The molecule has 116 valence electrons. The monoisotopic (exact) mass is 308 g/mol. The lowest BCUT2D eigenvalue weighted by atomic mass is 9.93. The molecule has 1 saturated carbocycles. The normalized spacial score (nSPS) is 16.1. The highest BCUT2D eigenvalue weighted by Gasteiger charge is 2.27. The second kappa shape index (κ2) is 7.64. The predicted molar refractivity (Wildman–Crippen MR) is 86.0 cm³/mol.